The molecule has 0 aliphatic heterocycles. The van der Waals surface area contributed by atoms with E-state index < -0.39 is 0 Å². The molecule has 0 saturated carbocycles. The fourth-order valence-electron chi connectivity index (χ4n) is 3.06. The van der Waals surface area contributed by atoms with Crippen molar-refractivity contribution < 1.29 is 19.0 Å². The third kappa shape index (κ3) is 4.50. The second kappa shape index (κ2) is 9.13. The van der Waals surface area contributed by atoms with Crippen LogP contribution in [-0.4, -0.2) is 48.0 Å². The van der Waals surface area contributed by atoms with E-state index in [1.807, 2.05) is 6.07 Å². The molecular weight excluding hydrogens is 376 g/mol. The smallest absolute Gasteiger partial charge is 0.350 e. The number of pyridine rings is 1. The summed E-state index contributed by atoms with van der Waals surface area (Å²) in [6.07, 6.45) is 2.44. The predicted molar refractivity (Wildman–Crippen MR) is 107 cm³/mol. The summed E-state index contributed by atoms with van der Waals surface area (Å²) in [6.45, 7) is 0.856. The Morgan fingerprint density at radius 3 is 2.45 bits per heavy atom. The fraction of sp³-hybridized carbons (Fsp3) is 0.350. The lowest BCUT2D eigenvalue weighted by Gasteiger charge is -2.14. The van der Waals surface area contributed by atoms with Gasteiger partial charge in [-0.15, -0.1) is 5.10 Å². The average molecular weight is 400 g/mol. The molecule has 1 N–H and O–H groups in total. The molecular formula is C20H24N4O5. The molecule has 1 amide bonds. The Balaban J connectivity index is 1.55. The molecule has 2 aromatic heterocycles. The van der Waals surface area contributed by atoms with Crippen LogP contribution < -0.4 is 25.2 Å². The first-order valence-electron chi connectivity index (χ1n) is 9.17. The molecule has 154 valence electrons. The van der Waals surface area contributed by atoms with Gasteiger partial charge in [0, 0.05) is 19.3 Å². The number of ether oxygens (including phenoxy) is 3. The molecule has 3 aromatic rings. The van der Waals surface area contributed by atoms with Crippen LogP contribution in [0, 0.1) is 0 Å². The van der Waals surface area contributed by atoms with Gasteiger partial charge < -0.3 is 19.5 Å². The molecule has 0 aliphatic carbocycles. The summed E-state index contributed by atoms with van der Waals surface area (Å²) in [5.41, 5.74) is 1.15. The van der Waals surface area contributed by atoms with Crippen LogP contribution in [0.4, 0.5) is 0 Å². The van der Waals surface area contributed by atoms with Crippen molar-refractivity contribution in [1.29, 1.82) is 0 Å². The molecule has 0 spiro atoms. The predicted octanol–water partition coefficient (Wildman–Crippen LogP) is 1.27. The maximum Gasteiger partial charge on any atom is 0.350 e. The van der Waals surface area contributed by atoms with Gasteiger partial charge in [0.1, 0.15) is 0 Å². The third-order valence-electron chi connectivity index (χ3n) is 4.45. The molecule has 1 aromatic carbocycles. The van der Waals surface area contributed by atoms with Gasteiger partial charge in [0.15, 0.2) is 17.1 Å². The van der Waals surface area contributed by atoms with Crippen LogP contribution in [0.1, 0.15) is 12.0 Å². The molecule has 0 bridgehead atoms. The van der Waals surface area contributed by atoms with Gasteiger partial charge in [0.2, 0.25) is 11.7 Å². The van der Waals surface area contributed by atoms with Crippen LogP contribution in [0.15, 0.2) is 41.3 Å². The molecule has 0 aliphatic rings. The van der Waals surface area contributed by atoms with Crippen LogP contribution in [0.5, 0.6) is 17.2 Å². The second-order valence-electron chi connectivity index (χ2n) is 6.35. The highest BCUT2D eigenvalue weighted by molar-refractivity contribution is 5.79. The average Bonchev–Trinajstić information content (AvgIpc) is 3.06. The summed E-state index contributed by atoms with van der Waals surface area (Å²) in [6, 6.07) is 8.88. The van der Waals surface area contributed by atoms with Gasteiger partial charge in [-0.1, -0.05) is 6.07 Å². The van der Waals surface area contributed by atoms with E-state index in [0.29, 0.717) is 42.4 Å². The third-order valence-corrected chi connectivity index (χ3v) is 4.45. The van der Waals surface area contributed by atoms with Crippen molar-refractivity contribution in [1.82, 2.24) is 19.5 Å². The molecule has 0 radical (unpaired) electrons. The number of hydrogen-bond acceptors (Lipinski definition) is 6. The molecule has 29 heavy (non-hydrogen) atoms. The molecule has 9 nitrogen and oxygen atoms in total. The van der Waals surface area contributed by atoms with E-state index >= 15 is 0 Å². The number of amides is 1. The minimum atomic E-state index is -0.190. The number of benzene rings is 1. The van der Waals surface area contributed by atoms with Crippen molar-refractivity contribution in [2.24, 2.45) is 0 Å². The summed E-state index contributed by atoms with van der Waals surface area (Å²) < 4.78 is 18.8. The Kier molecular flexibility index (Phi) is 6.38. The van der Waals surface area contributed by atoms with E-state index in [1.165, 1.54) is 30.4 Å². The standard InChI is InChI=1S/C20H24N4O5/c1-27-15-11-14(12-16(28-2)19(15)29-3)13-18(25)21-8-6-10-24-20(26)23-9-5-4-7-17(23)22-24/h4-5,7,9,11-12H,6,8,10,13H2,1-3H3,(H,21,25). The van der Waals surface area contributed by atoms with Crippen molar-refractivity contribution in [3.05, 3.63) is 52.6 Å². The summed E-state index contributed by atoms with van der Waals surface area (Å²) in [4.78, 5) is 24.5. The van der Waals surface area contributed by atoms with Gasteiger partial charge in [0.25, 0.3) is 0 Å². The fourth-order valence-corrected chi connectivity index (χ4v) is 3.06. The van der Waals surface area contributed by atoms with Crippen molar-refractivity contribution in [3.8, 4) is 17.2 Å². The molecule has 0 fully saturated rings. The van der Waals surface area contributed by atoms with Gasteiger partial charge in [-0.3, -0.25) is 9.20 Å². The van der Waals surface area contributed by atoms with E-state index in [-0.39, 0.29) is 18.0 Å². The zero-order valence-corrected chi connectivity index (χ0v) is 16.7. The highest BCUT2D eigenvalue weighted by Gasteiger charge is 2.15. The van der Waals surface area contributed by atoms with Crippen molar-refractivity contribution >= 4 is 11.6 Å². The van der Waals surface area contributed by atoms with Crippen LogP contribution >= 0.6 is 0 Å². The van der Waals surface area contributed by atoms with E-state index in [1.54, 1.807) is 30.5 Å². The van der Waals surface area contributed by atoms with E-state index in [9.17, 15) is 9.59 Å². The van der Waals surface area contributed by atoms with Gasteiger partial charge in [-0.25, -0.2) is 9.48 Å². The number of nitrogens with zero attached hydrogens (tertiary/aromatic N) is 3. The number of hydrogen-bond donors (Lipinski definition) is 1. The van der Waals surface area contributed by atoms with Crippen LogP contribution in [0.25, 0.3) is 5.65 Å². The van der Waals surface area contributed by atoms with E-state index in [2.05, 4.69) is 10.4 Å². The highest BCUT2D eigenvalue weighted by atomic mass is 16.5. The van der Waals surface area contributed by atoms with Crippen molar-refractivity contribution in [3.63, 3.8) is 0 Å². The molecule has 0 unspecified atom stereocenters. The number of nitrogens with one attached hydrogen (secondary N) is 1. The molecule has 3 rings (SSSR count). The Morgan fingerprint density at radius 1 is 1.10 bits per heavy atom. The zero-order valence-electron chi connectivity index (χ0n) is 16.7. The Bertz CT molecular complexity index is 1030. The first-order chi connectivity index (χ1) is 14.1. The number of fused-ring (bicyclic) bond motifs is 1. The molecule has 9 heteroatoms. The van der Waals surface area contributed by atoms with E-state index in [0.717, 1.165) is 5.56 Å². The van der Waals surface area contributed by atoms with Crippen LogP contribution in [0.2, 0.25) is 0 Å². The maximum atomic E-state index is 12.3. The number of rotatable bonds is 9. The Morgan fingerprint density at radius 2 is 1.83 bits per heavy atom. The summed E-state index contributed by atoms with van der Waals surface area (Å²) in [7, 11) is 4.59. The monoisotopic (exact) mass is 400 g/mol. The summed E-state index contributed by atoms with van der Waals surface area (Å²) in [5.74, 6) is 1.35. The minimum Gasteiger partial charge on any atom is -0.493 e. The first kappa shape index (κ1) is 20.2. The Labute approximate surface area is 167 Å². The number of aromatic nitrogens is 3. The quantitative estimate of drug-likeness (QED) is 0.544. The molecule has 0 atom stereocenters. The second-order valence-corrected chi connectivity index (χ2v) is 6.35. The van der Waals surface area contributed by atoms with Gasteiger partial charge in [0.05, 0.1) is 27.8 Å². The topological polar surface area (TPSA) is 96.1 Å². The zero-order chi connectivity index (χ0) is 20.8. The minimum absolute atomic E-state index is 0.137. The van der Waals surface area contributed by atoms with E-state index in [4.69, 9.17) is 14.2 Å². The lowest BCUT2D eigenvalue weighted by atomic mass is 10.1. The largest absolute Gasteiger partial charge is 0.493 e. The number of carbonyl (C=O) groups excluding carboxylic acids is 1. The van der Waals surface area contributed by atoms with Gasteiger partial charge in [-0.2, -0.15) is 0 Å². The normalized spacial score (nSPS) is 10.7. The van der Waals surface area contributed by atoms with Crippen molar-refractivity contribution in [2.45, 2.75) is 19.4 Å². The van der Waals surface area contributed by atoms with Gasteiger partial charge in [-0.05, 0) is 36.2 Å². The molecule has 0 saturated heterocycles. The summed E-state index contributed by atoms with van der Waals surface area (Å²) >= 11 is 0. The number of aryl methyl sites for hydroxylation is 1. The van der Waals surface area contributed by atoms with Gasteiger partial charge >= 0.3 is 5.69 Å². The number of carbonyl (C=O) groups is 1. The Hall–Kier alpha value is -3.49. The lowest BCUT2D eigenvalue weighted by Crippen LogP contribution is -2.28. The summed E-state index contributed by atoms with van der Waals surface area (Å²) in [5, 5.41) is 7.12. The SMILES string of the molecule is COc1cc(CC(=O)NCCCn2nc3ccccn3c2=O)cc(OC)c1OC. The maximum absolute atomic E-state index is 12.3. The highest BCUT2D eigenvalue weighted by Crippen LogP contribution is 2.38. The van der Waals surface area contributed by atoms with Crippen LogP contribution in [0.3, 0.4) is 0 Å². The van der Waals surface area contributed by atoms with Crippen molar-refractivity contribution in [2.75, 3.05) is 27.9 Å². The van der Waals surface area contributed by atoms with Crippen LogP contribution in [-0.2, 0) is 17.8 Å². The molecule has 2 heterocycles. The number of methoxy groups -OCH3 is 3. The lowest BCUT2D eigenvalue weighted by molar-refractivity contribution is -0.120. The first-order valence-corrected chi connectivity index (χ1v) is 9.17.